The third-order valence-corrected chi connectivity index (χ3v) is 5.43. The number of carbonyl (C=O) groups is 1. The number of rotatable bonds is 5. The Labute approximate surface area is 156 Å². The zero-order chi connectivity index (χ0) is 19.4. The van der Waals surface area contributed by atoms with E-state index < -0.39 is 12.1 Å². The second-order valence-electron chi connectivity index (χ2n) is 7.48. The highest BCUT2D eigenvalue weighted by atomic mass is 19.4. The zero-order valence-corrected chi connectivity index (χ0v) is 15.4. The van der Waals surface area contributed by atoms with E-state index in [2.05, 4.69) is 25.5 Å². The molecule has 1 saturated carbocycles. The summed E-state index contributed by atoms with van der Waals surface area (Å²) in [6.07, 6.45) is 1.87. The van der Waals surface area contributed by atoms with Gasteiger partial charge in [0, 0.05) is 37.4 Å². The molecule has 6 nitrogen and oxygen atoms in total. The predicted molar refractivity (Wildman–Crippen MR) is 94.2 cm³/mol. The van der Waals surface area contributed by atoms with Crippen LogP contribution in [0.5, 0.6) is 0 Å². The number of nitrogens with zero attached hydrogens (tertiary/aromatic N) is 3. The monoisotopic (exact) mass is 385 g/mol. The molecule has 1 saturated heterocycles. The van der Waals surface area contributed by atoms with Crippen molar-refractivity contribution in [2.45, 2.75) is 57.3 Å². The molecule has 0 unspecified atom stereocenters. The highest BCUT2D eigenvalue weighted by Crippen LogP contribution is 2.36. The SMILES string of the molecule is Cc1cncc(CCNC(=O)NC2CC(N3CCC(C(F)(F)F)CC3)C2)n1. The smallest absolute Gasteiger partial charge is 0.338 e. The van der Waals surface area contributed by atoms with E-state index in [0.717, 1.165) is 24.2 Å². The van der Waals surface area contributed by atoms with Crippen LogP contribution >= 0.6 is 0 Å². The number of nitrogens with one attached hydrogen (secondary N) is 2. The minimum absolute atomic E-state index is 0.0918. The molecule has 0 radical (unpaired) electrons. The van der Waals surface area contributed by atoms with Gasteiger partial charge in [-0.2, -0.15) is 13.2 Å². The summed E-state index contributed by atoms with van der Waals surface area (Å²) in [5, 5.41) is 5.73. The van der Waals surface area contributed by atoms with Gasteiger partial charge in [0.25, 0.3) is 0 Å². The number of amides is 2. The normalized spacial score (nSPS) is 24.3. The molecule has 0 aromatic carbocycles. The Kier molecular flexibility index (Phi) is 6.18. The van der Waals surface area contributed by atoms with E-state index in [0.29, 0.717) is 26.1 Å². The maximum Gasteiger partial charge on any atom is 0.391 e. The van der Waals surface area contributed by atoms with E-state index in [4.69, 9.17) is 0 Å². The number of halogens is 3. The standard InChI is InChI=1S/C18H26F3N5O/c1-12-10-22-11-14(24-12)2-5-23-17(27)25-15-8-16(9-15)26-6-3-13(4-7-26)18(19,20)21/h10-11,13,15-16H,2-9H2,1H3,(H2,23,25,27). The second-order valence-corrected chi connectivity index (χ2v) is 7.48. The number of hydrogen-bond donors (Lipinski definition) is 2. The molecule has 9 heteroatoms. The van der Waals surface area contributed by atoms with Crippen LogP contribution in [-0.4, -0.2) is 58.8 Å². The average Bonchev–Trinajstić information content (AvgIpc) is 2.57. The second kappa shape index (κ2) is 8.41. The number of likely N-dealkylation sites (tertiary alicyclic amines) is 1. The fourth-order valence-corrected chi connectivity index (χ4v) is 3.77. The molecule has 1 aliphatic carbocycles. The molecule has 2 aliphatic rings. The van der Waals surface area contributed by atoms with Crippen molar-refractivity contribution in [2.24, 2.45) is 5.92 Å². The van der Waals surface area contributed by atoms with E-state index >= 15 is 0 Å². The van der Waals surface area contributed by atoms with Crippen molar-refractivity contribution in [2.75, 3.05) is 19.6 Å². The van der Waals surface area contributed by atoms with Crippen LogP contribution in [0.25, 0.3) is 0 Å². The van der Waals surface area contributed by atoms with Crippen molar-refractivity contribution < 1.29 is 18.0 Å². The Morgan fingerprint density at radius 2 is 1.96 bits per heavy atom. The first-order chi connectivity index (χ1) is 12.8. The Morgan fingerprint density at radius 3 is 2.59 bits per heavy atom. The summed E-state index contributed by atoms with van der Waals surface area (Å²) >= 11 is 0. The molecule has 150 valence electrons. The maximum atomic E-state index is 12.7. The molecular formula is C18H26F3N5O. The van der Waals surface area contributed by atoms with Crippen molar-refractivity contribution in [3.05, 3.63) is 23.8 Å². The Balaban J connectivity index is 1.29. The lowest BCUT2D eigenvalue weighted by molar-refractivity contribution is -0.187. The first kappa shape index (κ1) is 19.9. The molecule has 0 bridgehead atoms. The van der Waals surface area contributed by atoms with Crippen molar-refractivity contribution in [1.82, 2.24) is 25.5 Å². The van der Waals surface area contributed by atoms with Crippen LogP contribution in [0.15, 0.2) is 12.4 Å². The summed E-state index contributed by atoms with van der Waals surface area (Å²) < 4.78 is 38.2. The average molecular weight is 385 g/mol. The molecule has 2 amide bonds. The van der Waals surface area contributed by atoms with Crippen LogP contribution in [0, 0.1) is 12.8 Å². The van der Waals surface area contributed by atoms with E-state index in [-0.39, 0.29) is 31.0 Å². The summed E-state index contributed by atoms with van der Waals surface area (Å²) in [6.45, 7) is 3.33. The van der Waals surface area contributed by atoms with Crippen molar-refractivity contribution >= 4 is 6.03 Å². The third kappa shape index (κ3) is 5.54. The Hall–Kier alpha value is -1.90. The number of hydrogen-bond acceptors (Lipinski definition) is 4. The number of alkyl halides is 3. The first-order valence-corrected chi connectivity index (χ1v) is 9.44. The van der Waals surface area contributed by atoms with Gasteiger partial charge in [0.05, 0.1) is 17.3 Å². The van der Waals surface area contributed by atoms with Crippen LogP contribution in [-0.2, 0) is 6.42 Å². The van der Waals surface area contributed by atoms with E-state index in [1.807, 2.05) is 6.92 Å². The molecule has 2 heterocycles. The highest BCUT2D eigenvalue weighted by Gasteiger charge is 2.43. The molecule has 1 aromatic rings. The molecule has 1 aromatic heterocycles. The van der Waals surface area contributed by atoms with Gasteiger partial charge in [0.15, 0.2) is 0 Å². The lowest BCUT2D eigenvalue weighted by Gasteiger charge is -2.46. The predicted octanol–water partition coefficient (Wildman–Crippen LogP) is 2.43. The summed E-state index contributed by atoms with van der Waals surface area (Å²) in [4.78, 5) is 22.5. The van der Waals surface area contributed by atoms with Crippen molar-refractivity contribution in [1.29, 1.82) is 0 Å². The van der Waals surface area contributed by atoms with Gasteiger partial charge in [0.1, 0.15) is 0 Å². The summed E-state index contributed by atoms with van der Waals surface area (Å²) in [7, 11) is 0. The lowest BCUT2D eigenvalue weighted by atomic mass is 9.83. The molecular weight excluding hydrogens is 359 g/mol. The first-order valence-electron chi connectivity index (χ1n) is 9.44. The lowest BCUT2D eigenvalue weighted by Crippen LogP contribution is -2.57. The summed E-state index contributed by atoms with van der Waals surface area (Å²) in [5.41, 5.74) is 1.68. The minimum Gasteiger partial charge on any atom is -0.338 e. The van der Waals surface area contributed by atoms with Gasteiger partial charge in [-0.05, 0) is 45.7 Å². The summed E-state index contributed by atoms with van der Waals surface area (Å²) in [6, 6.07) is 0.163. The van der Waals surface area contributed by atoms with Crippen molar-refractivity contribution in [3.63, 3.8) is 0 Å². The van der Waals surface area contributed by atoms with Gasteiger partial charge in [-0.3, -0.25) is 9.97 Å². The molecule has 1 aliphatic heterocycles. The zero-order valence-electron chi connectivity index (χ0n) is 15.4. The van der Waals surface area contributed by atoms with Crippen molar-refractivity contribution in [3.8, 4) is 0 Å². The van der Waals surface area contributed by atoms with E-state index in [1.165, 1.54) is 0 Å². The topological polar surface area (TPSA) is 70.2 Å². The number of carbonyl (C=O) groups excluding carboxylic acids is 1. The van der Waals surface area contributed by atoms with E-state index in [1.54, 1.807) is 12.4 Å². The van der Waals surface area contributed by atoms with Crippen LogP contribution in [0.3, 0.4) is 0 Å². The number of urea groups is 1. The Bertz CT molecular complexity index is 640. The minimum atomic E-state index is -4.07. The van der Waals surface area contributed by atoms with Gasteiger partial charge in [0.2, 0.25) is 0 Å². The fourth-order valence-electron chi connectivity index (χ4n) is 3.77. The van der Waals surface area contributed by atoms with Gasteiger partial charge >= 0.3 is 12.2 Å². The molecule has 27 heavy (non-hydrogen) atoms. The van der Waals surface area contributed by atoms with Gasteiger partial charge in [-0.15, -0.1) is 0 Å². The third-order valence-electron chi connectivity index (χ3n) is 5.43. The van der Waals surface area contributed by atoms with Gasteiger partial charge in [-0.25, -0.2) is 4.79 Å². The van der Waals surface area contributed by atoms with Gasteiger partial charge in [-0.1, -0.05) is 0 Å². The molecule has 0 spiro atoms. The molecule has 3 rings (SSSR count). The highest BCUT2D eigenvalue weighted by molar-refractivity contribution is 5.74. The van der Waals surface area contributed by atoms with Gasteiger partial charge < -0.3 is 15.5 Å². The molecule has 0 atom stereocenters. The summed E-state index contributed by atoms with van der Waals surface area (Å²) in [5.74, 6) is -1.16. The van der Waals surface area contributed by atoms with E-state index in [9.17, 15) is 18.0 Å². The molecule has 2 fully saturated rings. The van der Waals surface area contributed by atoms with Crippen LogP contribution in [0.2, 0.25) is 0 Å². The largest absolute Gasteiger partial charge is 0.391 e. The number of piperidine rings is 1. The Morgan fingerprint density at radius 1 is 1.26 bits per heavy atom. The van der Waals surface area contributed by atoms with Crippen LogP contribution in [0.1, 0.15) is 37.1 Å². The fraction of sp³-hybridized carbons (Fsp3) is 0.722. The number of aryl methyl sites for hydroxylation is 1. The van der Waals surface area contributed by atoms with Crippen LogP contribution in [0.4, 0.5) is 18.0 Å². The maximum absolute atomic E-state index is 12.7. The molecule has 2 N–H and O–H groups in total. The number of aromatic nitrogens is 2. The quantitative estimate of drug-likeness (QED) is 0.817. The van der Waals surface area contributed by atoms with Crippen LogP contribution < -0.4 is 10.6 Å².